The summed E-state index contributed by atoms with van der Waals surface area (Å²) in [6.07, 6.45) is 1.16. The maximum Gasteiger partial charge on any atom is 0.0671 e. The lowest BCUT2D eigenvalue weighted by atomic mass is 9.77. The number of hydrogen-bond acceptors (Lipinski definition) is 2. The van der Waals surface area contributed by atoms with Gasteiger partial charge in [-0.1, -0.05) is 30.3 Å². The zero-order chi connectivity index (χ0) is 14.4. The zero-order valence-corrected chi connectivity index (χ0v) is 12.6. The van der Waals surface area contributed by atoms with Gasteiger partial charge < -0.3 is 4.90 Å². The van der Waals surface area contributed by atoms with Gasteiger partial charge in [0.15, 0.2) is 0 Å². The zero-order valence-electron chi connectivity index (χ0n) is 12.6. The molecule has 1 unspecified atom stereocenters. The van der Waals surface area contributed by atoms with Gasteiger partial charge in [-0.25, -0.2) is 0 Å². The lowest BCUT2D eigenvalue weighted by molar-refractivity contribution is 0.657. The number of aliphatic imine (C=N–C) groups is 1. The lowest BCUT2D eigenvalue weighted by Crippen LogP contribution is -2.35. The summed E-state index contributed by atoms with van der Waals surface area (Å²) in [6.45, 7) is 6.50. The number of benzene rings is 2. The minimum Gasteiger partial charge on any atom is -0.370 e. The minimum atomic E-state index is 0.125. The minimum absolute atomic E-state index is 0.125. The predicted molar refractivity (Wildman–Crippen MR) is 88.9 cm³/mol. The fourth-order valence-corrected chi connectivity index (χ4v) is 3.83. The fourth-order valence-electron chi connectivity index (χ4n) is 3.83. The van der Waals surface area contributed by atoms with E-state index in [0.717, 1.165) is 19.5 Å². The van der Waals surface area contributed by atoms with Crippen LogP contribution in [0.15, 0.2) is 53.5 Å². The molecule has 2 heteroatoms. The highest BCUT2D eigenvalue weighted by Gasteiger charge is 2.46. The molecule has 21 heavy (non-hydrogen) atoms. The van der Waals surface area contributed by atoms with E-state index in [1.165, 1.54) is 28.2 Å². The first kappa shape index (κ1) is 12.6. The summed E-state index contributed by atoms with van der Waals surface area (Å²) in [5.41, 5.74) is 6.65. The van der Waals surface area contributed by atoms with Crippen LogP contribution in [0.1, 0.15) is 24.5 Å². The van der Waals surface area contributed by atoms with Gasteiger partial charge in [0.1, 0.15) is 0 Å². The van der Waals surface area contributed by atoms with Crippen LogP contribution in [0.3, 0.4) is 0 Å². The van der Waals surface area contributed by atoms with E-state index < -0.39 is 0 Å². The summed E-state index contributed by atoms with van der Waals surface area (Å²) in [4.78, 5) is 7.33. The predicted octanol–water partition coefficient (Wildman–Crippen LogP) is 4.25. The Morgan fingerprint density at radius 3 is 2.76 bits per heavy atom. The fraction of sp³-hybridized carbons (Fsp3) is 0.316. The molecule has 4 rings (SSSR count). The molecule has 2 aromatic rings. The highest BCUT2D eigenvalue weighted by molar-refractivity contribution is 6.01. The van der Waals surface area contributed by atoms with Gasteiger partial charge >= 0.3 is 0 Å². The molecule has 1 saturated heterocycles. The van der Waals surface area contributed by atoms with Gasteiger partial charge in [0.25, 0.3) is 0 Å². The number of para-hydroxylation sites is 1. The number of aryl methyl sites for hydroxylation is 1. The largest absolute Gasteiger partial charge is 0.370 e. The molecule has 106 valence electrons. The van der Waals surface area contributed by atoms with Gasteiger partial charge in [-0.3, -0.25) is 4.99 Å². The third-order valence-corrected chi connectivity index (χ3v) is 5.04. The molecular weight excluding hydrogens is 256 g/mol. The monoisotopic (exact) mass is 276 g/mol. The van der Waals surface area contributed by atoms with Crippen molar-refractivity contribution in [3.63, 3.8) is 0 Å². The maximum atomic E-state index is 4.82. The van der Waals surface area contributed by atoms with Crippen LogP contribution in [-0.4, -0.2) is 18.8 Å². The Balaban J connectivity index is 1.72. The van der Waals surface area contributed by atoms with Crippen LogP contribution in [0.4, 0.5) is 11.4 Å². The van der Waals surface area contributed by atoms with Gasteiger partial charge in [0, 0.05) is 24.5 Å². The molecule has 1 spiro atoms. The maximum absolute atomic E-state index is 4.82. The van der Waals surface area contributed by atoms with E-state index in [2.05, 4.69) is 67.3 Å². The molecule has 0 aliphatic carbocycles. The molecule has 0 amide bonds. The molecule has 2 aliphatic heterocycles. The van der Waals surface area contributed by atoms with Crippen LogP contribution in [-0.2, 0) is 5.41 Å². The summed E-state index contributed by atoms with van der Waals surface area (Å²) >= 11 is 0. The van der Waals surface area contributed by atoms with E-state index in [9.17, 15) is 0 Å². The summed E-state index contributed by atoms with van der Waals surface area (Å²) in [6, 6.07) is 17.4. The van der Waals surface area contributed by atoms with Crippen molar-refractivity contribution < 1.29 is 0 Å². The molecule has 0 radical (unpaired) electrons. The molecule has 2 aromatic carbocycles. The van der Waals surface area contributed by atoms with E-state index in [0.29, 0.717) is 0 Å². The van der Waals surface area contributed by atoms with Crippen LogP contribution < -0.4 is 4.90 Å². The van der Waals surface area contributed by atoms with Crippen molar-refractivity contribution >= 4 is 17.1 Å². The molecule has 2 heterocycles. The van der Waals surface area contributed by atoms with Crippen LogP contribution in [0.25, 0.3) is 0 Å². The quantitative estimate of drug-likeness (QED) is 0.760. The van der Waals surface area contributed by atoms with Crippen molar-refractivity contribution in [3.8, 4) is 0 Å². The van der Waals surface area contributed by atoms with Crippen LogP contribution >= 0.6 is 0 Å². The highest BCUT2D eigenvalue weighted by atomic mass is 15.2. The standard InChI is InChI=1S/C19H20N2/c1-14-6-5-7-16(12-14)21-11-10-19(13-21)15(2)20-18-9-4-3-8-17(18)19/h3-9,12H,10-11,13H2,1-2H3. The molecule has 0 saturated carbocycles. The van der Waals surface area contributed by atoms with E-state index in [4.69, 9.17) is 4.99 Å². The first-order chi connectivity index (χ1) is 10.2. The number of nitrogens with zero attached hydrogens (tertiary/aromatic N) is 2. The van der Waals surface area contributed by atoms with Crippen LogP contribution in [0.2, 0.25) is 0 Å². The first-order valence-corrected chi connectivity index (χ1v) is 7.66. The average molecular weight is 276 g/mol. The molecular formula is C19H20N2. The van der Waals surface area contributed by atoms with E-state index in [-0.39, 0.29) is 5.41 Å². The second kappa shape index (κ2) is 4.45. The van der Waals surface area contributed by atoms with Crippen molar-refractivity contribution in [2.24, 2.45) is 4.99 Å². The second-order valence-corrected chi connectivity index (χ2v) is 6.31. The summed E-state index contributed by atoms with van der Waals surface area (Å²) in [5, 5.41) is 0. The Morgan fingerprint density at radius 2 is 1.90 bits per heavy atom. The van der Waals surface area contributed by atoms with E-state index >= 15 is 0 Å². The first-order valence-electron chi connectivity index (χ1n) is 7.66. The second-order valence-electron chi connectivity index (χ2n) is 6.31. The topological polar surface area (TPSA) is 15.6 Å². The van der Waals surface area contributed by atoms with Crippen LogP contribution in [0.5, 0.6) is 0 Å². The molecule has 2 nitrogen and oxygen atoms in total. The van der Waals surface area contributed by atoms with Crippen molar-refractivity contribution in [2.75, 3.05) is 18.0 Å². The number of fused-ring (bicyclic) bond motifs is 2. The van der Waals surface area contributed by atoms with Crippen molar-refractivity contribution in [1.82, 2.24) is 0 Å². The molecule has 0 N–H and O–H groups in total. The Kier molecular flexibility index (Phi) is 2.68. The third kappa shape index (κ3) is 1.82. The SMILES string of the molecule is CC1=Nc2ccccc2C12CCN(c1cccc(C)c1)C2. The van der Waals surface area contributed by atoms with E-state index in [1.54, 1.807) is 0 Å². The van der Waals surface area contributed by atoms with E-state index in [1.807, 2.05) is 0 Å². The normalized spacial score (nSPS) is 23.5. The summed E-state index contributed by atoms with van der Waals surface area (Å²) < 4.78 is 0. The number of rotatable bonds is 1. The summed E-state index contributed by atoms with van der Waals surface area (Å²) in [5.74, 6) is 0. The highest BCUT2D eigenvalue weighted by Crippen LogP contribution is 2.46. The van der Waals surface area contributed by atoms with Crippen molar-refractivity contribution in [2.45, 2.75) is 25.7 Å². The van der Waals surface area contributed by atoms with Gasteiger partial charge in [-0.15, -0.1) is 0 Å². The average Bonchev–Trinajstić information content (AvgIpc) is 3.04. The Morgan fingerprint density at radius 1 is 1.05 bits per heavy atom. The summed E-state index contributed by atoms with van der Waals surface area (Å²) in [7, 11) is 0. The molecule has 0 aromatic heterocycles. The Labute approximate surface area is 126 Å². The van der Waals surface area contributed by atoms with Gasteiger partial charge in [-0.05, 0) is 49.6 Å². The Hall–Kier alpha value is -2.09. The lowest BCUT2D eigenvalue weighted by Gasteiger charge is -2.27. The van der Waals surface area contributed by atoms with Gasteiger partial charge in [-0.2, -0.15) is 0 Å². The molecule has 1 atom stereocenters. The van der Waals surface area contributed by atoms with Crippen LogP contribution in [0, 0.1) is 6.92 Å². The number of hydrogen-bond donors (Lipinski definition) is 0. The van der Waals surface area contributed by atoms with Crippen molar-refractivity contribution in [1.29, 1.82) is 0 Å². The smallest absolute Gasteiger partial charge is 0.0671 e. The molecule has 0 bridgehead atoms. The number of anilines is 1. The van der Waals surface area contributed by atoms with Crippen molar-refractivity contribution in [3.05, 3.63) is 59.7 Å². The van der Waals surface area contributed by atoms with Gasteiger partial charge in [0.2, 0.25) is 0 Å². The Bertz CT molecular complexity index is 732. The molecule has 1 fully saturated rings. The molecule has 2 aliphatic rings. The van der Waals surface area contributed by atoms with Gasteiger partial charge in [0.05, 0.1) is 11.1 Å². The third-order valence-electron chi connectivity index (χ3n) is 5.04.